The van der Waals surface area contributed by atoms with E-state index in [4.69, 9.17) is 4.98 Å². The Balaban J connectivity index is 1.20. The number of fused-ring (bicyclic) bond motifs is 1. The summed E-state index contributed by atoms with van der Waals surface area (Å²) in [7, 11) is 4.13. The van der Waals surface area contributed by atoms with Crippen molar-refractivity contribution in [3.8, 4) is 0 Å². The van der Waals surface area contributed by atoms with Crippen LogP contribution in [0.25, 0.3) is 10.9 Å². The summed E-state index contributed by atoms with van der Waals surface area (Å²) in [4.78, 5) is 20.2. The molecule has 5 nitrogen and oxygen atoms in total. The molecule has 5 heteroatoms. The third kappa shape index (κ3) is 5.51. The highest BCUT2D eigenvalue weighted by atomic mass is 16.1. The first-order valence-corrected chi connectivity index (χ1v) is 12.8. The standard InChI is InChI=1S/C31H34N4O/c1-35(2)29-21-30(34-28-15-9-8-14-27(28)29)32-24-16-18-25(19-17-24)33-31(36)26-13-7-6-12-23(26)20-22-10-4-3-5-11-22/h3-15,21,24-25H,16-20H2,1-2H3,(H,32,34)(H,33,36). The van der Waals surface area contributed by atoms with Crippen LogP contribution in [0, 0.1) is 0 Å². The molecule has 4 aromatic rings. The maximum Gasteiger partial charge on any atom is 0.251 e. The van der Waals surface area contributed by atoms with Crippen molar-refractivity contribution in [3.05, 3.63) is 102 Å². The van der Waals surface area contributed by atoms with Gasteiger partial charge in [-0.25, -0.2) is 4.98 Å². The number of para-hydroxylation sites is 1. The van der Waals surface area contributed by atoms with Gasteiger partial charge in [0.1, 0.15) is 5.82 Å². The Morgan fingerprint density at radius 1 is 0.861 bits per heavy atom. The largest absolute Gasteiger partial charge is 0.377 e. The lowest BCUT2D eigenvalue weighted by Crippen LogP contribution is -2.40. The lowest BCUT2D eigenvalue weighted by molar-refractivity contribution is 0.0925. The van der Waals surface area contributed by atoms with E-state index in [-0.39, 0.29) is 11.9 Å². The molecule has 1 heterocycles. The Labute approximate surface area is 213 Å². The van der Waals surface area contributed by atoms with Gasteiger partial charge in [-0.05, 0) is 55.4 Å². The van der Waals surface area contributed by atoms with Gasteiger partial charge in [0.25, 0.3) is 5.91 Å². The number of benzene rings is 3. The topological polar surface area (TPSA) is 57.3 Å². The first kappa shape index (κ1) is 23.9. The molecule has 0 unspecified atom stereocenters. The fraction of sp³-hybridized carbons (Fsp3) is 0.290. The fourth-order valence-corrected chi connectivity index (χ4v) is 5.17. The highest BCUT2D eigenvalue weighted by Crippen LogP contribution is 2.29. The van der Waals surface area contributed by atoms with Crippen molar-refractivity contribution in [1.29, 1.82) is 0 Å². The molecule has 5 rings (SSSR count). The number of anilines is 2. The Bertz CT molecular complexity index is 1330. The van der Waals surface area contributed by atoms with Gasteiger partial charge in [0, 0.05) is 48.9 Å². The summed E-state index contributed by atoms with van der Waals surface area (Å²) in [6, 6.07) is 29.2. The van der Waals surface area contributed by atoms with E-state index in [2.05, 4.69) is 72.1 Å². The Morgan fingerprint density at radius 2 is 1.53 bits per heavy atom. The van der Waals surface area contributed by atoms with Crippen molar-refractivity contribution >= 4 is 28.3 Å². The highest BCUT2D eigenvalue weighted by molar-refractivity contribution is 5.96. The number of pyridine rings is 1. The fourth-order valence-electron chi connectivity index (χ4n) is 5.17. The maximum atomic E-state index is 13.2. The van der Waals surface area contributed by atoms with E-state index in [0.29, 0.717) is 6.04 Å². The van der Waals surface area contributed by atoms with Crippen molar-refractivity contribution in [2.24, 2.45) is 0 Å². The van der Waals surface area contributed by atoms with Crippen LogP contribution in [-0.2, 0) is 6.42 Å². The summed E-state index contributed by atoms with van der Waals surface area (Å²) in [5, 5.41) is 8.12. The molecule has 1 saturated carbocycles. The van der Waals surface area contributed by atoms with E-state index >= 15 is 0 Å². The third-order valence-corrected chi connectivity index (χ3v) is 7.09. The van der Waals surface area contributed by atoms with Crippen LogP contribution in [0.4, 0.5) is 11.5 Å². The van der Waals surface area contributed by atoms with Crippen molar-refractivity contribution in [2.45, 2.75) is 44.2 Å². The molecular weight excluding hydrogens is 444 g/mol. The second-order valence-corrected chi connectivity index (χ2v) is 9.92. The average Bonchev–Trinajstić information content (AvgIpc) is 2.90. The van der Waals surface area contributed by atoms with Gasteiger partial charge in [0.15, 0.2) is 0 Å². The van der Waals surface area contributed by atoms with E-state index in [1.165, 1.54) is 11.3 Å². The number of amides is 1. The molecule has 0 saturated heterocycles. The van der Waals surface area contributed by atoms with E-state index in [0.717, 1.165) is 60.0 Å². The second kappa shape index (κ2) is 10.8. The van der Waals surface area contributed by atoms with Gasteiger partial charge < -0.3 is 15.5 Å². The normalized spacial score (nSPS) is 17.5. The Kier molecular flexibility index (Phi) is 7.17. The number of rotatable bonds is 7. The van der Waals surface area contributed by atoms with Gasteiger partial charge in [-0.1, -0.05) is 66.7 Å². The minimum absolute atomic E-state index is 0.0322. The van der Waals surface area contributed by atoms with Gasteiger partial charge >= 0.3 is 0 Å². The number of nitrogens with one attached hydrogen (secondary N) is 2. The number of carbonyl (C=O) groups is 1. The minimum atomic E-state index is 0.0322. The number of nitrogens with zero attached hydrogens (tertiary/aromatic N) is 2. The Morgan fingerprint density at radius 3 is 2.31 bits per heavy atom. The second-order valence-electron chi connectivity index (χ2n) is 9.92. The third-order valence-electron chi connectivity index (χ3n) is 7.09. The Hall–Kier alpha value is -3.86. The van der Waals surface area contributed by atoms with Gasteiger partial charge in [0.05, 0.1) is 5.52 Å². The van der Waals surface area contributed by atoms with Crippen molar-refractivity contribution in [3.63, 3.8) is 0 Å². The molecule has 0 aliphatic heterocycles. The molecule has 1 amide bonds. The van der Waals surface area contributed by atoms with Crippen LogP contribution in [0.15, 0.2) is 84.9 Å². The quantitative estimate of drug-likeness (QED) is 0.340. The van der Waals surface area contributed by atoms with Crippen LogP contribution >= 0.6 is 0 Å². The number of carbonyl (C=O) groups excluding carboxylic acids is 1. The predicted molar refractivity (Wildman–Crippen MR) is 149 cm³/mol. The number of hydrogen-bond donors (Lipinski definition) is 2. The molecule has 2 N–H and O–H groups in total. The molecule has 1 aliphatic carbocycles. The van der Waals surface area contributed by atoms with E-state index in [1.54, 1.807) is 0 Å². The maximum absolute atomic E-state index is 13.2. The molecular formula is C31H34N4O. The summed E-state index contributed by atoms with van der Waals surface area (Å²) in [6.45, 7) is 0. The van der Waals surface area contributed by atoms with E-state index in [9.17, 15) is 4.79 Å². The van der Waals surface area contributed by atoms with Crippen molar-refractivity contribution in [2.75, 3.05) is 24.3 Å². The first-order chi connectivity index (χ1) is 17.6. The zero-order valence-corrected chi connectivity index (χ0v) is 21.1. The zero-order valence-electron chi connectivity index (χ0n) is 21.1. The molecule has 0 atom stereocenters. The summed E-state index contributed by atoms with van der Waals surface area (Å²) in [5.41, 5.74) is 5.22. The van der Waals surface area contributed by atoms with Crippen LogP contribution in [-0.4, -0.2) is 37.1 Å². The lowest BCUT2D eigenvalue weighted by Gasteiger charge is -2.30. The van der Waals surface area contributed by atoms with Gasteiger partial charge in [-0.15, -0.1) is 0 Å². The smallest absolute Gasteiger partial charge is 0.251 e. The van der Waals surface area contributed by atoms with Crippen LogP contribution < -0.4 is 15.5 Å². The van der Waals surface area contributed by atoms with Crippen molar-refractivity contribution < 1.29 is 4.79 Å². The van der Waals surface area contributed by atoms with Gasteiger partial charge in [-0.3, -0.25) is 4.79 Å². The molecule has 36 heavy (non-hydrogen) atoms. The summed E-state index contributed by atoms with van der Waals surface area (Å²) in [6.07, 6.45) is 4.68. The molecule has 1 aromatic heterocycles. The lowest BCUT2D eigenvalue weighted by atomic mass is 9.90. The highest BCUT2D eigenvalue weighted by Gasteiger charge is 2.24. The number of hydrogen-bond acceptors (Lipinski definition) is 4. The average molecular weight is 479 g/mol. The van der Waals surface area contributed by atoms with Crippen LogP contribution in [0.5, 0.6) is 0 Å². The summed E-state index contributed by atoms with van der Waals surface area (Å²) < 4.78 is 0. The molecule has 1 aliphatic rings. The zero-order chi connectivity index (χ0) is 24.9. The summed E-state index contributed by atoms with van der Waals surface area (Å²) >= 11 is 0. The van der Waals surface area contributed by atoms with E-state index in [1.807, 2.05) is 42.5 Å². The molecule has 0 bridgehead atoms. The van der Waals surface area contributed by atoms with Gasteiger partial charge in [-0.2, -0.15) is 0 Å². The molecule has 0 radical (unpaired) electrons. The molecule has 184 valence electrons. The summed E-state index contributed by atoms with van der Waals surface area (Å²) in [5.74, 6) is 0.949. The van der Waals surface area contributed by atoms with Crippen LogP contribution in [0.1, 0.15) is 47.2 Å². The molecule has 1 fully saturated rings. The predicted octanol–water partition coefficient (Wildman–Crippen LogP) is 6.04. The number of aromatic nitrogens is 1. The first-order valence-electron chi connectivity index (χ1n) is 12.8. The molecule has 0 spiro atoms. The van der Waals surface area contributed by atoms with Crippen molar-refractivity contribution in [1.82, 2.24) is 10.3 Å². The molecule has 3 aromatic carbocycles. The monoisotopic (exact) mass is 478 g/mol. The van der Waals surface area contributed by atoms with E-state index < -0.39 is 0 Å². The van der Waals surface area contributed by atoms with Crippen LogP contribution in [0.3, 0.4) is 0 Å². The minimum Gasteiger partial charge on any atom is -0.377 e. The van der Waals surface area contributed by atoms with Gasteiger partial charge in [0.2, 0.25) is 0 Å². The SMILES string of the molecule is CN(C)c1cc(NC2CCC(NC(=O)c3ccccc3Cc3ccccc3)CC2)nc2ccccc12. The van der Waals surface area contributed by atoms with Crippen LogP contribution in [0.2, 0.25) is 0 Å².